The van der Waals surface area contributed by atoms with E-state index in [2.05, 4.69) is 53.6 Å². The normalized spacial score (nSPS) is 19.8. The average molecular weight is 274 g/mol. The van der Waals surface area contributed by atoms with Crippen LogP contribution in [0.5, 0.6) is 0 Å². The van der Waals surface area contributed by atoms with E-state index >= 15 is 0 Å². The van der Waals surface area contributed by atoms with Gasteiger partial charge < -0.3 is 5.73 Å². The van der Waals surface area contributed by atoms with Crippen molar-refractivity contribution in [2.24, 2.45) is 5.73 Å². The topological polar surface area (TPSA) is 29.3 Å². The highest BCUT2D eigenvalue weighted by Gasteiger charge is 2.18. The maximum atomic E-state index is 5.41. The minimum atomic E-state index is 0.422. The Balaban J connectivity index is 1.98. The molecular formula is C16H22N2S. The molecule has 2 N–H and O–H groups in total. The molecule has 19 heavy (non-hydrogen) atoms. The molecule has 3 heteroatoms. The van der Waals surface area contributed by atoms with Gasteiger partial charge in [-0.2, -0.15) is 11.8 Å². The van der Waals surface area contributed by atoms with Crippen molar-refractivity contribution in [3.63, 3.8) is 0 Å². The fraction of sp³-hybridized carbons (Fsp3) is 0.500. The van der Waals surface area contributed by atoms with E-state index in [1.165, 1.54) is 30.8 Å². The highest BCUT2D eigenvalue weighted by Crippen LogP contribution is 2.22. The van der Waals surface area contributed by atoms with E-state index in [9.17, 15) is 0 Å². The third kappa shape index (κ3) is 4.58. The molecule has 0 aromatic heterocycles. The summed E-state index contributed by atoms with van der Waals surface area (Å²) in [4.78, 5) is 2.56. The van der Waals surface area contributed by atoms with Crippen molar-refractivity contribution < 1.29 is 0 Å². The molecule has 1 fully saturated rings. The summed E-state index contributed by atoms with van der Waals surface area (Å²) in [5.74, 6) is 7.27. The molecule has 1 saturated heterocycles. The molecule has 0 aliphatic carbocycles. The van der Waals surface area contributed by atoms with Crippen molar-refractivity contribution in [1.29, 1.82) is 0 Å². The van der Waals surface area contributed by atoms with Crippen LogP contribution in [-0.4, -0.2) is 35.5 Å². The number of rotatable bonds is 3. The molecule has 0 radical (unpaired) electrons. The lowest BCUT2D eigenvalue weighted by atomic mass is 10.1. The summed E-state index contributed by atoms with van der Waals surface area (Å²) in [6.07, 6.45) is 1.27. The summed E-state index contributed by atoms with van der Waals surface area (Å²) >= 11 is 2.11. The van der Waals surface area contributed by atoms with Gasteiger partial charge in [-0.05, 0) is 24.1 Å². The van der Waals surface area contributed by atoms with Crippen molar-refractivity contribution >= 4 is 11.8 Å². The molecule has 1 unspecified atom stereocenters. The van der Waals surface area contributed by atoms with Gasteiger partial charge in [0.1, 0.15) is 0 Å². The second-order valence-corrected chi connectivity index (χ2v) is 6.25. The van der Waals surface area contributed by atoms with E-state index in [1.807, 2.05) is 6.07 Å². The van der Waals surface area contributed by atoms with Gasteiger partial charge in [0.2, 0.25) is 0 Å². The van der Waals surface area contributed by atoms with Crippen LogP contribution in [0.15, 0.2) is 24.3 Å². The van der Waals surface area contributed by atoms with Crippen LogP contribution in [0.1, 0.15) is 24.5 Å². The Hall–Kier alpha value is -0.950. The van der Waals surface area contributed by atoms with Gasteiger partial charge in [0, 0.05) is 36.2 Å². The highest BCUT2D eigenvalue weighted by molar-refractivity contribution is 8.00. The lowest BCUT2D eigenvalue weighted by molar-refractivity contribution is 0.273. The summed E-state index contributed by atoms with van der Waals surface area (Å²) in [6, 6.07) is 8.51. The van der Waals surface area contributed by atoms with E-state index in [4.69, 9.17) is 5.73 Å². The van der Waals surface area contributed by atoms with Gasteiger partial charge >= 0.3 is 0 Å². The van der Waals surface area contributed by atoms with Crippen molar-refractivity contribution in [1.82, 2.24) is 4.90 Å². The maximum Gasteiger partial charge on any atom is 0.0555 e. The van der Waals surface area contributed by atoms with Crippen molar-refractivity contribution in [2.45, 2.75) is 25.1 Å². The van der Waals surface area contributed by atoms with Crippen LogP contribution in [-0.2, 0) is 6.54 Å². The van der Waals surface area contributed by atoms with Crippen LogP contribution in [0.3, 0.4) is 0 Å². The maximum absolute atomic E-state index is 5.41. The molecule has 0 amide bonds. The smallest absolute Gasteiger partial charge is 0.0555 e. The molecule has 2 nitrogen and oxygen atoms in total. The van der Waals surface area contributed by atoms with Crippen LogP contribution in [0.25, 0.3) is 0 Å². The molecule has 0 spiro atoms. The van der Waals surface area contributed by atoms with Crippen molar-refractivity contribution in [2.75, 3.05) is 25.4 Å². The Morgan fingerprint density at radius 2 is 2.37 bits per heavy atom. The molecule has 1 aromatic rings. The molecule has 102 valence electrons. The molecule has 1 atom stereocenters. The second kappa shape index (κ2) is 7.59. The monoisotopic (exact) mass is 274 g/mol. The number of hydrogen-bond acceptors (Lipinski definition) is 3. The standard InChI is InChI=1S/C16H22N2S/c1-2-16-13-18(9-10-19-16)12-15-6-3-5-14(11-15)7-4-8-17/h3,5-6,11,16H,2,8-10,12-13,17H2,1H3. The Bertz CT molecular complexity index is 461. The lowest BCUT2D eigenvalue weighted by Gasteiger charge is -2.31. The van der Waals surface area contributed by atoms with Gasteiger partial charge in [-0.15, -0.1) is 0 Å². The zero-order chi connectivity index (χ0) is 13.5. The van der Waals surface area contributed by atoms with Gasteiger partial charge in [0.15, 0.2) is 0 Å². The molecule has 0 saturated carbocycles. The minimum Gasteiger partial charge on any atom is -0.320 e. The highest BCUT2D eigenvalue weighted by atomic mass is 32.2. The van der Waals surface area contributed by atoms with Gasteiger partial charge in [-0.3, -0.25) is 4.90 Å². The Morgan fingerprint density at radius 1 is 1.47 bits per heavy atom. The fourth-order valence-electron chi connectivity index (χ4n) is 2.33. The van der Waals surface area contributed by atoms with Crippen LogP contribution in [0.4, 0.5) is 0 Å². The SMILES string of the molecule is CCC1CN(Cc2cccc(C#CCN)c2)CCS1. The summed E-state index contributed by atoms with van der Waals surface area (Å²) in [7, 11) is 0. The Labute approximate surface area is 120 Å². The summed E-state index contributed by atoms with van der Waals surface area (Å²) in [5.41, 5.74) is 7.83. The lowest BCUT2D eigenvalue weighted by Crippen LogP contribution is -2.37. The van der Waals surface area contributed by atoms with Gasteiger partial charge in [0.05, 0.1) is 6.54 Å². The van der Waals surface area contributed by atoms with Crippen LogP contribution in [0, 0.1) is 11.8 Å². The van der Waals surface area contributed by atoms with E-state index < -0.39 is 0 Å². The van der Waals surface area contributed by atoms with Crippen LogP contribution >= 0.6 is 11.8 Å². The number of thioether (sulfide) groups is 1. The van der Waals surface area contributed by atoms with Crippen molar-refractivity contribution in [3.8, 4) is 11.8 Å². The molecule has 1 aromatic carbocycles. The molecule has 1 heterocycles. The predicted molar refractivity (Wildman–Crippen MR) is 84.2 cm³/mol. The van der Waals surface area contributed by atoms with E-state index in [0.29, 0.717) is 6.54 Å². The Morgan fingerprint density at radius 3 is 3.16 bits per heavy atom. The van der Waals surface area contributed by atoms with E-state index in [-0.39, 0.29) is 0 Å². The number of hydrogen-bond donors (Lipinski definition) is 1. The zero-order valence-electron chi connectivity index (χ0n) is 11.6. The molecule has 2 rings (SSSR count). The number of nitrogens with two attached hydrogens (primary N) is 1. The third-order valence-electron chi connectivity index (χ3n) is 3.35. The fourth-order valence-corrected chi connectivity index (χ4v) is 3.58. The average Bonchev–Trinajstić information content (AvgIpc) is 2.46. The quantitative estimate of drug-likeness (QED) is 0.858. The van der Waals surface area contributed by atoms with Gasteiger partial charge in [-0.25, -0.2) is 0 Å². The summed E-state index contributed by atoms with van der Waals surface area (Å²) < 4.78 is 0. The summed E-state index contributed by atoms with van der Waals surface area (Å²) in [5, 5.41) is 0.800. The molecular weight excluding hydrogens is 252 g/mol. The predicted octanol–water partition coefficient (Wildman–Crippen LogP) is 2.32. The number of benzene rings is 1. The van der Waals surface area contributed by atoms with Crippen LogP contribution in [0.2, 0.25) is 0 Å². The third-order valence-corrected chi connectivity index (χ3v) is 4.72. The van der Waals surface area contributed by atoms with E-state index in [0.717, 1.165) is 17.4 Å². The van der Waals surface area contributed by atoms with Gasteiger partial charge in [0.25, 0.3) is 0 Å². The number of nitrogens with zero attached hydrogens (tertiary/aromatic N) is 1. The van der Waals surface area contributed by atoms with E-state index in [1.54, 1.807) is 0 Å². The first-order chi connectivity index (χ1) is 9.31. The van der Waals surface area contributed by atoms with Gasteiger partial charge in [-0.1, -0.05) is 30.9 Å². The first-order valence-electron chi connectivity index (χ1n) is 6.93. The first-order valence-corrected chi connectivity index (χ1v) is 7.98. The van der Waals surface area contributed by atoms with Crippen LogP contribution < -0.4 is 5.73 Å². The zero-order valence-corrected chi connectivity index (χ0v) is 12.4. The van der Waals surface area contributed by atoms with Crippen molar-refractivity contribution in [3.05, 3.63) is 35.4 Å². The molecule has 1 aliphatic heterocycles. The second-order valence-electron chi connectivity index (χ2n) is 4.84. The minimum absolute atomic E-state index is 0.422. The Kier molecular flexibility index (Phi) is 5.78. The molecule has 1 aliphatic rings. The molecule has 0 bridgehead atoms. The first kappa shape index (κ1) is 14.5. The summed E-state index contributed by atoms with van der Waals surface area (Å²) in [6.45, 7) is 6.14. The largest absolute Gasteiger partial charge is 0.320 e.